The van der Waals surface area contributed by atoms with Gasteiger partial charge in [0.2, 0.25) is 6.41 Å². The van der Waals surface area contributed by atoms with E-state index in [1.54, 1.807) is 4.90 Å². The summed E-state index contributed by atoms with van der Waals surface area (Å²) in [7, 11) is 0. The monoisotopic (exact) mass is 316 g/mol. The van der Waals surface area contributed by atoms with E-state index in [0.717, 1.165) is 39.1 Å². The number of carbonyl (C=O) groups excluding carboxylic acids is 2. The molecule has 1 aromatic rings. The highest BCUT2D eigenvalue weighted by atomic mass is 16.2. The summed E-state index contributed by atoms with van der Waals surface area (Å²) in [6.07, 6.45) is 0.865. The van der Waals surface area contributed by atoms with Crippen molar-refractivity contribution in [2.24, 2.45) is 0 Å². The van der Waals surface area contributed by atoms with E-state index in [4.69, 9.17) is 0 Å². The van der Waals surface area contributed by atoms with Crippen LogP contribution in [0.25, 0.3) is 0 Å². The summed E-state index contributed by atoms with van der Waals surface area (Å²) in [6, 6.07) is 10.6. The molecule has 23 heavy (non-hydrogen) atoms. The van der Waals surface area contributed by atoms with Crippen molar-refractivity contribution in [3.63, 3.8) is 0 Å². The number of carbonyl (C=O) groups is 2. The Morgan fingerprint density at radius 1 is 0.870 bits per heavy atom. The van der Waals surface area contributed by atoms with Gasteiger partial charge in [0.05, 0.1) is 0 Å². The first-order valence-corrected chi connectivity index (χ1v) is 8.26. The zero-order valence-electron chi connectivity index (χ0n) is 13.4. The van der Waals surface area contributed by atoms with Crippen molar-refractivity contribution >= 4 is 12.4 Å². The van der Waals surface area contributed by atoms with Crippen molar-refractivity contribution in [1.82, 2.24) is 19.6 Å². The average molecular weight is 316 g/mol. The zero-order chi connectivity index (χ0) is 16.1. The zero-order valence-corrected chi connectivity index (χ0v) is 13.4. The molecule has 2 aliphatic heterocycles. The maximum atomic E-state index is 12.5. The number of amides is 3. The van der Waals surface area contributed by atoms with Crippen molar-refractivity contribution in [2.45, 2.75) is 6.54 Å². The second-order valence-electron chi connectivity index (χ2n) is 6.16. The summed E-state index contributed by atoms with van der Waals surface area (Å²) in [5, 5.41) is 0. The van der Waals surface area contributed by atoms with Gasteiger partial charge in [0.15, 0.2) is 0 Å². The second-order valence-corrected chi connectivity index (χ2v) is 6.16. The number of benzene rings is 1. The molecule has 0 radical (unpaired) electrons. The van der Waals surface area contributed by atoms with Crippen LogP contribution in [0.15, 0.2) is 30.3 Å². The normalized spacial score (nSPS) is 19.7. The molecular weight excluding hydrogens is 292 g/mol. The Hall–Kier alpha value is -2.08. The number of nitrogens with zero attached hydrogens (tertiary/aromatic N) is 4. The van der Waals surface area contributed by atoms with E-state index in [-0.39, 0.29) is 6.03 Å². The van der Waals surface area contributed by atoms with Gasteiger partial charge in [-0.25, -0.2) is 4.79 Å². The highest BCUT2D eigenvalue weighted by molar-refractivity contribution is 5.75. The molecule has 6 nitrogen and oxygen atoms in total. The predicted octanol–water partition coefficient (Wildman–Crippen LogP) is 0.698. The first kappa shape index (κ1) is 15.8. The Morgan fingerprint density at radius 2 is 1.43 bits per heavy atom. The number of hydrogen-bond donors (Lipinski definition) is 0. The number of rotatable bonds is 3. The lowest BCUT2D eigenvalue weighted by Gasteiger charge is -2.40. The molecule has 0 spiro atoms. The molecule has 1 aromatic carbocycles. The van der Waals surface area contributed by atoms with E-state index in [1.807, 2.05) is 15.9 Å². The molecule has 0 aliphatic carbocycles. The molecular formula is C17H24N4O2. The molecule has 124 valence electrons. The third-order valence-corrected chi connectivity index (χ3v) is 4.63. The van der Waals surface area contributed by atoms with Gasteiger partial charge in [-0.2, -0.15) is 0 Å². The summed E-state index contributed by atoms with van der Waals surface area (Å²) in [6.45, 7) is 6.89. The van der Waals surface area contributed by atoms with Crippen LogP contribution < -0.4 is 0 Å². The highest BCUT2D eigenvalue weighted by Crippen LogP contribution is 2.11. The molecule has 2 aliphatic rings. The summed E-state index contributed by atoms with van der Waals surface area (Å²) < 4.78 is 0. The van der Waals surface area contributed by atoms with Gasteiger partial charge in [-0.05, 0) is 5.56 Å². The van der Waals surface area contributed by atoms with Gasteiger partial charge in [0.25, 0.3) is 0 Å². The smallest absolute Gasteiger partial charge is 0.320 e. The topological polar surface area (TPSA) is 47.1 Å². The largest absolute Gasteiger partial charge is 0.342 e. The third kappa shape index (κ3) is 4.01. The van der Waals surface area contributed by atoms with Crippen LogP contribution in [-0.4, -0.2) is 84.4 Å². The van der Waals surface area contributed by atoms with Gasteiger partial charge in [0, 0.05) is 58.9 Å². The van der Waals surface area contributed by atoms with E-state index in [0.29, 0.717) is 26.2 Å². The van der Waals surface area contributed by atoms with E-state index >= 15 is 0 Å². The standard InChI is InChI=1S/C17H24N4O2/c22-15-19-8-12-21(13-9-19)17(23)20-10-6-18(7-11-20)14-16-4-2-1-3-5-16/h1-5,15H,6-14H2. The van der Waals surface area contributed by atoms with Gasteiger partial charge in [-0.1, -0.05) is 30.3 Å². The average Bonchev–Trinajstić information content (AvgIpc) is 2.63. The fraction of sp³-hybridized carbons (Fsp3) is 0.529. The van der Waals surface area contributed by atoms with Crippen LogP contribution in [0.2, 0.25) is 0 Å². The lowest BCUT2D eigenvalue weighted by molar-refractivity contribution is -0.119. The van der Waals surface area contributed by atoms with Crippen molar-refractivity contribution in [3.05, 3.63) is 35.9 Å². The number of urea groups is 1. The molecule has 2 fully saturated rings. The summed E-state index contributed by atoms with van der Waals surface area (Å²) in [4.78, 5) is 31.2. The first-order valence-electron chi connectivity index (χ1n) is 8.26. The molecule has 0 aromatic heterocycles. The summed E-state index contributed by atoms with van der Waals surface area (Å²) in [5.41, 5.74) is 1.32. The fourth-order valence-electron chi connectivity index (χ4n) is 3.16. The Morgan fingerprint density at radius 3 is 2.00 bits per heavy atom. The van der Waals surface area contributed by atoms with E-state index in [9.17, 15) is 9.59 Å². The Bertz CT molecular complexity index is 521. The fourth-order valence-corrected chi connectivity index (χ4v) is 3.16. The Labute approximate surface area is 137 Å². The number of piperazine rings is 2. The molecule has 6 heteroatoms. The maximum Gasteiger partial charge on any atom is 0.320 e. The minimum Gasteiger partial charge on any atom is -0.342 e. The predicted molar refractivity (Wildman–Crippen MR) is 87.9 cm³/mol. The minimum atomic E-state index is 0.120. The van der Waals surface area contributed by atoms with Crippen LogP contribution in [0.4, 0.5) is 4.79 Å². The van der Waals surface area contributed by atoms with Gasteiger partial charge >= 0.3 is 6.03 Å². The van der Waals surface area contributed by atoms with Crippen molar-refractivity contribution < 1.29 is 9.59 Å². The van der Waals surface area contributed by atoms with Crippen molar-refractivity contribution in [2.75, 3.05) is 52.4 Å². The molecule has 0 bridgehead atoms. The van der Waals surface area contributed by atoms with Crippen LogP contribution >= 0.6 is 0 Å². The highest BCUT2D eigenvalue weighted by Gasteiger charge is 2.27. The van der Waals surface area contributed by atoms with Gasteiger partial charge in [-0.3, -0.25) is 9.69 Å². The van der Waals surface area contributed by atoms with Crippen LogP contribution in [0.5, 0.6) is 0 Å². The second kappa shape index (κ2) is 7.46. The molecule has 0 unspecified atom stereocenters. The van der Waals surface area contributed by atoms with Crippen LogP contribution in [0.3, 0.4) is 0 Å². The van der Waals surface area contributed by atoms with E-state index < -0.39 is 0 Å². The van der Waals surface area contributed by atoms with E-state index in [2.05, 4.69) is 29.2 Å². The molecule has 0 N–H and O–H groups in total. The maximum absolute atomic E-state index is 12.5. The summed E-state index contributed by atoms with van der Waals surface area (Å²) >= 11 is 0. The molecule has 0 saturated carbocycles. The third-order valence-electron chi connectivity index (χ3n) is 4.63. The van der Waals surface area contributed by atoms with Gasteiger partial charge in [-0.15, -0.1) is 0 Å². The lowest BCUT2D eigenvalue weighted by Crippen LogP contribution is -2.56. The summed E-state index contributed by atoms with van der Waals surface area (Å²) in [5.74, 6) is 0. The molecule has 3 rings (SSSR count). The van der Waals surface area contributed by atoms with Crippen molar-refractivity contribution in [3.8, 4) is 0 Å². The minimum absolute atomic E-state index is 0.120. The quantitative estimate of drug-likeness (QED) is 0.771. The molecule has 3 amide bonds. The van der Waals surface area contributed by atoms with Gasteiger partial charge in [0.1, 0.15) is 0 Å². The van der Waals surface area contributed by atoms with Crippen LogP contribution in [0, 0.1) is 0 Å². The van der Waals surface area contributed by atoms with Crippen molar-refractivity contribution in [1.29, 1.82) is 0 Å². The Kier molecular flexibility index (Phi) is 5.12. The SMILES string of the molecule is O=CN1CCN(C(=O)N2CCN(Cc3ccccc3)CC2)CC1. The number of hydrogen-bond acceptors (Lipinski definition) is 3. The lowest BCUT2D eigenvalue weighted by atomic mass is 10.2. The van der Waals surface area contributed by atoms with Gasteiger partial charge < -0.3 is 14.7 Å². The first-order chi connectivity index (χ1) is 11.3. The molecule has 0 atom stereocenters. The molecule has 2 saturated heterocycles. The van der Waals surface area contributed by atoms with Crippen LogP contribution in [0.1, 0.15) is 5.56 Å². The Balaban J connectivity index is 1.45. The molecule has 2 heterocycles. The van der Waals surface area contributed by atoms with E-state index in [1.165, 1.54) is 5.56 Å². The van der Waals surface area contributed by atoms with Crippen LogP contribution in [-0.2, 0) is 11.3 Å².